The maximum atomic E-state index is 12.8. The molecule has 1 aromatic rings. The molecule has 0 aromatic heterocycles. The van der Waals surface area contributed by atoms with E-state index in [0.29, 0.717) is 57.1 Å². The van der Waals surface area contributed by atoms with Gasteiger partial charge in [0.15, 0.2) is 0 Å². The Morgan fingerprint density at radius 1 is 1.05 bits per heavy atom. The van der Waals surface area contributed by atoms with Gasteiger partial charge in [-0.3, -0.25) is 18.7 Å². The molecule has 1 aliphatic heterocycles. The summed E-state index contributed by atoms with van der Waals surface area (Å²) >= 11 is 11.7. The van der Waals surface area contributed by atoms with Gasteiger partial charge in [0, 0.05) is 56.5 Å². The number of nitrogens with one attached hydrogen (secondary N) is 1. The van der Waals surface area contributed by atoms with Crippen LogP contribution >= 0.6 is 38.4 Å². The van der Waals surface area contributed by atoms with Gasteiger partial charge in [0.2, 0.25) is 11.8 Å². The van der Waals surface area contributed by atoms with Crippen LogP contribution in [-0.4, -0.2) is 90.5 Å². The van der Waals surface area contributed by atoms with Crippen LogP contribution < -0.4 is 10.2 Å². The minimum Gasteiger partial charge on any atom is -0.369 e. The standard InChI is InChI=1S/C22H35Cl2N3O9P2/c23-11-15-26(16-12-24)18-8-6-17(7-9-18)3-1-5-20(28)27-14-2-4-19(27)21(29)25-13-10-22(30,37(31,32)33)38(34,35)36/h6-9,19,30H,1-5,10-16H2,(H,25,29)(H2,31,32,33)(H2,34,35,36)/t19-/m0/s1. The summed E-state index contributed by atoms with van der Waals surface area (Å²) in [6.45, 7) is 1.13. The Hall–Kier alpha value is -1.20. The van der Waals surface area contributed by atoms with Crippen LogP contribution in [0.4, 0.5) is 5.69 Å². The molecule has 1 fully saturated rings. The lowest BCUT2D eigenvalue weighted by molar-refractivity contribution is -0.138. The molecule has 0 aliphatic carbocycles. The molecule has 12 nitrogen and oxygen atoms in total. The average Bonchev–Trinajstić information content (AvgIpc) is 3.33. The molecule has 6 N–H and O–H groups in total. The number of amides is 2. The fourth-order valence-electron chi connectivity index (χ4n) is 4.30. The molecule has 1 heterocycles. The van der Waals surface area contributed by atoms with E-state index in [4.69, 9.17) is 23.2 Å². The van der Waals surface area contributed by atoms with Crippen LogP contribution in [0.5, 0.6) is 0 Å². The van der Waals surface area contributed by atoms with Crippen molar-refractivity contribution in [1.82, 2.24) is 10.2 Å². The number of halogens is 2. The van der Waals surface area contributed by atoms with E-state index >= 15 is 0 Å². The van der Waals surface area contributed by atoms with Crippen molar-refractivity contribution in [2.75, 3.05) is 42.8 Å². The van der Waals surface area contributed by atoms with Crippen LogP contribution in [0.25, 0.3) is 0 Å². The van der Waals surface area contributed by atoms with Crippen molar-refractivity contribution in [1.29, 1.82) is 0 Å². The first-order chi connectivity index (χ1) is 17.7. The molecule has 1 saturated heterocycles. The number of hydrogen-bond donors (Lipinski definition) is 6. The summed E-state index contributed by atoms with van der Waals surface area (Å²) in [5.41, 5.74) is 2.06. The highest BCUT2D eigenvalue weighted by atomic mass is 35.5. The summed E-state index contributed by atoms with van der Waals surface area (Å²) in [6.07, 6.45) is 1.33. The van der Waals surface area contributed by atoms with Crippen molar-refractivity contribution in [3.63, 3.8) is 0 Å². The van der Waals surface area contributed by atoms with Gasteiger partial charge in [-0.25, -0.2) is 0 Å². The number of hydrogen-bond acceptors (Lipinski definition) is 6. The third-order valence-electron chi connectivity index (χ3n) is 6.43. The third-order valence-corrected chi connectivity index (χ3v) is 10.6. The zero-order chi connectivity index (χ0) is 28.6. The number of carbonyl (C=O) groups is 2. The zero-order valence-corrected chi connectivity index (χ0v) is 24.1. The molecule has 1 aliphatic rings. The third kappa shape index (κ3) is 8.65. The summed E-state index contributed by atoms with van der Waals surface area (Å²) in [5.74, 6) is 0.138. The quantitative estimate of drug-likeness (QED) is 0.125. The molecule has 0 saturated carbocycles. The van der Waals surface area contributed by atoms with Crippen molar-refractivity contribution >= 4 is 55.9 Å². The maximum Gasteiger partial charge on any atom is 0.369 e. The van der Waals surface area contributed by atoms with E-state index in [1.54, 1.807) is 0 Å². The maximum absolute atomic E-state index is 12.8. The van der Waals surface area contributed by atoms with Gasteiger partial charge >= 0.3 is 15.2 Å². The van der Waals surface area contributed by atoms with Crippen molar-refractivity contribution in [3.05, 3.63) is 29.8 Å². The normalized spacial score (nSPS) is 16.5. The molecule has 16 heteroatoms. The highest BCUT2D eigenvalue weighted by Gasteiger charge is 2.58. The summed E-state index contributed by atoms with van der Waals surface area (Å²) in [5, 5.41) is 8.64. The first kappa shape index (κ1) is 33.0. The summed E-state index contributed by atoms with van der Waals surface area (Å²) in [6, 6.07) is 7.12. The monoisotopic (exact) mass is 617 g/mol. The van der Waals surface area contributed by atoms with E-state index in [-0.39, 0.29) is 12.3 Å². The highest BCUT2D eigenvalue weighted by molar-refractivity contribution is 7.72. The molecule has 2 rings (SSSR count). The van der Waals surface area contributed by atoms with Crippen molar-refractivity contribution in [3.8, 4) is 0 Å². The van der Waals surface area contributed by atoms with E-state index in [9.17, 15) is 43.4 Å². The number of carbonyl (C=O) groups excluding carboxylic acids is 2. The molecular weight excluding hydrogens is 583 g/mol. The fourth-order valence-corrected chi connectivity index (χ4v) is 6.88. The molecule has 38 heavy (non-hydrogen) atoms. The van der Waals surface area contributed by atoms with E-state index in [1.807, 2.05) is 24.3 Å². The largest absolute Gasteiger partial charge is 0.369 e. The molecule has 1 aromatic carbocycles. The fraction of sp³-hybridized carbons (Fsp3) is 0.636. The first-order valence-electron chi connectivity index (χ1n) is 12.1. The summed E-state index contributed by atoms with van der Waals surface area (Å²) in [7, 11) is -11.2. The second-order valence-corrected chi connectivity index (χ2v) is 13.8. The van der Waals surface area contributed by atoms with Crippen LogP contribution in [0.3, 0.4) is 0 Å². The van der Waals surface area contributed by atoms with Crippen molar-refractivity contribution in [2.45, 2.75) is 49.6 Å². The Balaban J connectivity index is 1.87. The van der Waals surface area contributed by atoms with E-state index < -0.39 is 45.2 Å². The van der Waals surface area contributed by atoms with Crippen LogP contribution in [0.2, 0.25) is 0 Å². The minimum atomic E-state index is -5.61. The second kappa shape index (κ2) is 14.4. The molecule has 1 atom stereocenters. The number of rotatable bonds is 15. The van der Waals surface area contributed by atoms with Gasteiger partial charge in [0.05, 0.1) is 0 Å². The minimum absolute atomic E-state index is 0.211. The smallest absolute Gasteiger partial charge is 0.369 e. The van der Waals surface area contributed by atoms with Gasteiger partial charge in [-0.1, -0.05) is 12.1 Å². The van der Waals surface area contributed by atoms with Gasteiger partial charge in [0.1, 0.15) is 6.04 Å². The Kier molecular flexibility index (Phi) is 12.5. The Labute approximate surface area is 231 Å². The molecular formula is C22H35Cl2N3O9P2. The van der Waals surface area contributed by atoms with Gasteiger partial charge in [-0.15, -0.1) is 23.2 Å². The lowest BCUT2D eigenvalue weighted by Gasteiger charge is -2.29. The predicted octanol–water partition coefficient (Wildman–Crippen LogP) is 1.79. The molecule has 216 valence electrons. The van der Waals surface area contributed by atoms with Crippen molar-refractivity contribution in [2.24, 2.45) is 0 Å². The van der Waals surface area contributed by atoms with Gasteiger partial charge in [0.25, 0.3) is 5.08 Å². The van der Waals surface area contributed by atoms with Gasteiger partial charge in [-0.05, 0) is 43.4 Å². The highest BCUT2D eigenvalue weighted by Crippen LogP contribution is 2.68. The lowest BCUT2D eigenvalue weighted by atomic mass is 10.1. The van der Waals surface area contributed by atoms with E-state index in [2.05, 4.69) is 10.2 Å². The molecule has 2 amide bonds. The van der Waals surface area contributed by atoms with Crippen LogP contribution in [0.15, 0.2) is 24.3 Å². The number of benzene rings is 1. The number of anilines is 1. The Bertz CT molecular complexity index is 1010. The summed E-state index contributed by atoms with van der Waals surface area (Å²) in [4.78, 5) is 65.8. The predicted molar refractivity (Wildman–Crippen MR) is 144 cm³/mol. The summed E-state index contributed by atoms with van der Waals surface area (Å²) < 4.78 is 22.9. The van der Waals surface area contributed by atoms with E-state index in [0.717, 1.165) is 11.3 Å². The lowest BCUT2D eigenvalue weighted by Crippen LogP contribution is -2.47. The van der Waals surface area contributed by atoms with E-state index in [1.165, 1.54) is 4.90 Å². The molecule has 0 spiro atoms. The topological polar surface area (TPSA) is 188 Å². The number of aliphatic hydroxyl groups is 1. The number of alkyl halides is 2. The van der Waals surface area contributed by atoms with Crippen LogP contribution in [0.1, 0.15) is 37.7 Å². The van der Waals surface area contributed by atoms with Crippen LogP contribution in [-0.2, 0) is 25.1 Å². The molecule has 0 bridgehead atoms. The Morgan fingerprint density at radius 3 is 2.16 bits per heavy atom. The van der Waals surface area contributed by atoms with Gasteiger partial charge < -0.3 is 39.8 Å². The molecule has 0 unspecified atom stereocenters. The zero-order valence-electron chi connectivity index (χ0n) is 20.8. The Morgan fingerprint density at radius 2 is 1.63 bits per heavy atom. The molecule has 0 radical (unpaired) electrons. The SMILES string of the molecule is O=C(NCCC(O)(P(=O)(O)O)P(=O)(O)O)[C@@H]1CCCN1C(=O)CCCc1ccc(N(CCCl)CCCl)cc1. The van der Waals surface area contributed by atoms with Crippen LogP contribution in [0, 0.1) is 0 Å². The van der Waals surface area contributed by atoms with Gasteiger partial charge in [-0.2, -0.15) is 0 Å². The number of likely N-dealkylation sites (tertiary alicyclic amines) is 1. The average molecular weight is 618 g/mol. The van der Waals surface area contributed by atoms with Crippen molar-refractivity contribution < 1.29 is 43.4 Å². The number of aryl methyl sites for hydroxylation is 1. The second-order valence-electron chi connectivity index (χ2n) is 9.03. The first-order valence-corrected chi connectivity index (χ1v) is 16.4. The number of nitrogens with zero attached hydrogens (tertiary/aromatic N) is 2.